The molecule has 0 spiro atoms. The monoisotopic (exact) mass is 265 g/mol. The van der Waals surface area contributed by atoms with Crippen LogP contribution in [-0.4, -0.2) is 24.6 Å². The molecular formula is C12H15N3O2S. The van der Waals surface area contributed by atoms with E-state index in [1.165, 1.54) is 6.26 Å². The van der Waals surface area contributed by atoms with Crippen LogP contribution in [0, 0.1) is 6.92 Å². The number of nitrogens with one attached hydrogen (secondary N) is 2. The molecule has 96 valence electrons. The van der Waals surface area contributed by atoms with Crippen LogP contribution in [0.25, 0.3) is 0 Å². The van der Waals surface area contributed by atoms with E-state index in [0.29, 0.717) is 17.1 Å². The summed E-state index contributed by atoms with van der Waals surface area (Å²) in [4.78, 5) is 7.47. The van der Waals surface area contributed by atoms with Gasteiger partial charge in [-0.05, 0) is 19.1 Å². The molecule has 6 heteroatoms. The van der Waals surface area contributed by atoms with E-state index in [0.717, 1.165) is 11.5 Å². The summed E-state index contributed by atoms with van der Waals surface area (Å²) in [7, 11) is -3.22. The van der Waals surface area contributed by atoms with Gasteiger partial charge in [-0.25, -0.2) is 13.4 Å². The third-order valence-corrected chi connectivity index (χ3v) is 3.67. The summed E-state index contributed by atoms with van der Waals surface area (Å²) in [6.07, 6.45) is 2.93. The molecule has 1 heterocycles. The van der Waals surface area contributed by atoms with E-state index in [4.69, 9.17) is 0 Å². The van der Waals surface area contributed by atoms with Gasteiger partial charge in [0.25, 0.3) is 0 Å². The highest BCUT2D eigenvalue weighted by atomic mass is 32.2. The molecule has 2 aromatic rings. The fourth-order valence-electron chi connectivity index (χ4n) is 1.69. The Hall–Kier alpha value is -1.82. The molecule has 1 aromatic heterocycles. The quantitative estimate of drug-likeness (QED) is 0.883. The first-order valence-electron chi connectivity index (χ1n) is 5.50. The van der Waals surface area contributed by atoms with Gasteiger partial charge in [0.2, 0.25) is 0 Å². The number of H-pyrrole nitrogens is 1. The summed E-state index contributed by atoms with van der Waals surface area (Å²) in [5, 5.41) is 3.10. The van der Waals surface area contributed by atoms with Gasteiger partial charge in [0.15, 0.2) is 9.84 Å². The van der Waals surface area contributed by atoms with Crippen LogP contribution in [0.15, 0.2) is 35.4 Å². The molecule has 0 bridgehead atoms. The Balaban J connectivity index is 2.20. The SMILES string of the molecule is Cc1ncc(CNc2ccccc2S(C)(=O)=O)[nH]1. The molecule has 0 fully saturated rings. The first-order chi connectivity index (χ1) is 8.47. The van der Waals surface area contributed by atoms with Crippen molar-refractivity contribution >= 4 is 15.5 Å². The van der Waals surface area contributed by atoms with Crippen molar-refractivity contribution in [1.29, 1.82) is 0 Å². The molecule has 2 rings (SSSR count). The molecule has 0 radical (unpaired) electrons. The minimum absolute atomic E-state index is 0.307. The van der Waals surface area contributed by atoms with Crippen LogP contribution in [0.3, 0.4) is 0 Å². The van der Waals surface area contributed by atoms with Crippen LogP contribution in [0.5, 0.6) is 0 Å². The average molecular weight is 265 g/mol. The van der Waals surface area contributed by atoms with E-state index in [9.17, 15) is 8.42 Å². The topological polar surface area (TPSA) is 74.8 Å². The molecule has 5 nitrogen and oxygen atoms in total. The van der Waals surface area contributed by atoms with E-state index in [1.807, 2.05) is 6.92 Å². The van der Waals surface area contributed by atoms with Gasteiger partial charge >= 0.3 is 0 Å². The highest BCUT2D eigenvalue weighted by molar-refractivity contribution is 7.90. The zero-order chi connectivity index (χ0) is 13.2. The largest absolute Gasteiger partial charge is 0.378 e. The first-order valence-corrected chi connectivity index (χ1v) is 7.39. The smallest absolute Gasteiger partial charge is 0.177 e. The van der Waals surface area contributed by atoms with Gasteiger partial charge in [0, 0.05) is 6.26 Å². The van der Waals surface area contributed by atoms with Crippen LogP contribution in [0.4, 0.5) is 5.69 Å². The summed E-state index contributed by atoms with van der Waals surface area (Å²) in [6, 6.07) is 6.85. The maximum Gasteiger partial charge on any atom is 0.177 e. The van der Waals surface area contributed by atoms with Crippen molar-refractivity contribution in [2.45, 2.75) is 18.4 Å². The lowest BCUT2D eigenvalue weighted by atomic mass is 10.3. The predicted molar refractivity (Wildman–Crippen MR) is 70.2 cm³/mol. The maximum absolute atomic E-state index is 11.6. The van der Waals surface area contributed by atoms with Gasteiger partial charge in [-0.2, -0.15) is 0 Å². The third kappa shape index (κ3) is 2.89. The fraction of sp³-hybridized carbons (Fsp3) is 0.250. The highest BCUT2D eigenvalue weighted by Gasteiger charge is 2.12. The Morgan fingerprint density at radius 3 is 2.67 bits per heavy atom. The van der Waals surface area contributed by atoms with Crippen LogP contribution < -0.4 is 5.32 Å². The molecular weight excluding hydrogens is 250 g/mol. The van der Waals surface area contributed by atoms with Crippen molar-refractivity contribution in [3.05, 3.63) is 42.0 Å². The first kappa shape index (κ1) is 12.6. The lowest BCUT2D eigenvalue weighted by molar-refractivity contribution is 0.602. The normalized spacial score (nSPS) is 11.4. The number of imidazole rings is 1. The second kappa shape index (κ2) is 4.81. The molecule has 18 heavy (non-hydrogen) atoms. The number of hydrogen-bond donors (Lipinski definition) is 2. The number of sulfone groups is 1. The van der Waals surface area contributed by atoms with E-state index in [1.54, 1.807) is 30.5 Å². The Bertz CT molecular complexity index is 647. The van der Waals surface area contributed by atoms with E-state index in [-0.39, 0.29) is 0 Å². The number of nitrogens with zero attached hydrogens (tertiary/aromatic N) is 1. The maximum atomic E-state index is 11.6. The van der Waals surface area contributed by atoms with Gasteiger partial charge < -0.3 is 10.3 Å². The Kier molecular flexibility index (Phi) is 3.38. The lowest BCUT2D eigenvalue weighted by Crippen LogP contribution is -2.06. The van der Waals surface area contributed by atoms with E-state index in [2.05, 4.69) is 15.3 Å². The van der Waals surface area contributed by atoms with Gasteiger partial charge in [-0.3, -0.25) is 0 Å². The number of para-hydroxylation sites is 1. The third-order valence-electron chi connectivity index (χ3n) is 2.51. The van der Waals surface area contributed by atoms with E-state index < -0.39 is 9.84 Å². The van der Waals surface area contributed by atoms with Gasteiger partial charge in [-0.15, -0.1) is 0 Å². The second-order valence-corrected chi connectivity index (χ2v) is 6.10. The molecule has 0 aliphatic carbocycles. The number of anilines is 1. The molecule has 0 atom stereocenters. The summed E-state index contributed by atoms with van der Waals surface area (Å²) in [5.41, 5.74) is 1.52. The lowest BCUT2D eigenvalue weighted by Gasteiger charge is -2.09. The summed E-state index contributed by atoms with van der Waals surface area (Å²) in [5.74, 6) is 0.836. The van der Waals surface area contributed by atoms with Crippen molar-refractivity contribution in [1.82, 2.24) is 9.97 Å². The molecule has 1 aromatic carbocycles. The van der Waals surface area contributed by atoms with Crippen LogP contribution in [-0.2, 0) is 16.4 Å². The summed E-state index contributed by atoms with van der Waals surface area (Å²) >= 11 is 0. The Morgan fingerprint density at radius 1 is 1.33 bits per heavy atom. The van der Waals surface area contributed by atoms with Gasteiger partial charge in [-0.1, -0.05) is 12.1 Å². The molecule has 0 unspecified atom stereocenters. The molecule has 0 aliphatic rings. The molecule has 0 amide bonds. The van der Waals surface area contributed by atoms with Crippen molar-refractivity contribution < 1.29 is 8.42 Å². The van der Waals surface area contributed by atoms with Crippen molar-refractivity contribution in [3.63, 3.8) is 0 Å². The Labute approximate surface area is 106 Å². The predicted octanol–water partition coefficient (Wildman–Crippen LogP) is 1.73. The zero-order valence-electron chi connectivity index (χ0n) is 10.3. The van der Waals surface area contributed by atoms with Crippen molar-refractivity contribution in [2.24, 2.45) is 0 Å². The number of aromatic nitrogens is 2. The Morgan fingerprint density at radius 2 is 2.06 bits per heavy atom. The minimum atomic E-state index is -3.22. The van der Waals surface area contributed by atoms with Crippen molar-refractivity contribution in [2.75, 3.05) is 11.6 Å². The van der Waals surface area contributed by atoms with Crippen molar-refractivity contribution in [3.8, 4) is 0 Å². The fourth-order valence-corrected chi connectivity index (χ4v) is 2.55. The van der Waals surface area contributed by atoms with E-state index >= 15 is 0 Å². The van der Waals surface area contributed by atoms with Gasteiger partial charge in [0.1, 0.15) is 5.82 Å². The number of rotatable bonds is 4. The number of hydrogen-bond acceptors (Lipinski definition) is 4. The minimum Gasteiger partial charge on any atom is -0.378 e. The summed E-state index contributed by atoms with van der Waals surface area (Å²) < 4.78 is 23.2. The van der Waals surface area contributed by atoms with Crippen LogP contribution >= 0.6 is 0 Å². The number of benzene rings is 1. The zero-order valence-corrected chi connectivity index (χ0v) is 11.1. The summed E-state index contributed by atoms with van der Waals surface area (Å²) in [6.45, 7) is 2.38. The molecule has 0 saturated carbocycles. The van der Waals surface area contributed by atoms with Crippen LogP contribution in [0.1, 0.15) is 11.5 Å². The van der Waals surface area contributed by atoms with Crippen LogP contribution in [0.2, 0.25) is 0 Å². The molecule has 0 aliphatic heterocycles. The average Bonchev–Trinajstić information content (AvgIpc) is 2.72. The molecule has 0 saturated heterocycles. The standard InChI is InChI=1S/C12H15N3O2S/c1-9-13-7-10(15-9)8-14-11-5-3-4-6-12(11)18(2,16)17/h3-7,14H,8H2,1-2H3,(H,13,15). The van der Waals surface area contributed by atoms with Gasteiger partial charge in [0.05, 0.1) is 29.0 Å². The second-order valence-electron chi connectivity index (χ2n) is 4.12. The molecule has 2 N–H and O–H groups in total. The number of aromatic amines is 1. The highest BCUT2D eigenvalue weighted by Crippen LogP contribution is 2.20. The number of aryl methyl sites for hydroxylation is 1.